The molecular weight excluding hydrogens is 320 g/mol. The third kappa shape index (κ3) is 2.94. The molecule has 2 unspecified atom stereocenters. The van der Waals surface area contributed by atoms with Crippen LogP contribution in [0.15, 0.2) is 12.1 Å². The first-order chi connectivity index (χ1) is 10.3. The second-order valence-corrected chi connectivity index (χ2v) is 5.10. The van der Waals surface area contributed by atoms with Gasteiger partial charge in [-0.25, -0.2) is 13.6 Å². The minimum atomic E-state index is -1.35. The molecule has 6 nitrogen and oxygen atoms in total. The molecule has 0 spiro atoms. The summed E-state index contributed by atoms with van der Waals surface area (Å²) in [5.41, 5.74) is -0.359. The summed E-state index contributed by atoms with van der Waals surface area (Å²) in [7, 11) is 0. The highest BCUT2D eigenvalue weighted by Crippen LogP contribution is 2.28. The van der Waals surface area contributed by atoms with Crippen LogP contribution in [0.1, 0.15) is 6.42 Å². The van der Waals surface area contributed by atoms with Crippen LogP contribution in [0.25, 0.3) is 0 Å². The van der Waals surface area contributed by atoms with Gasteiger partial charge >= 0.3 is 6.09 Å². The number of carbonyl (C=O) groups excluding carboxylic acids is 1. The van der Waals surface area contributed by atoms with Crippen molar-refractivity contribution in [3.05, 3.63) is 28.8 Å². The number of rotatable bonds is 2. The van der Waals surface area contributed by atoms with Crippen LogP contribution in [-0.2, 0) is 4.79 Å². The fraction of sp³-hybridized carbons (Fsp3) is 0.308. The summed E-state index contributed by atoms with van der Waals surface area (Å²) in [6.45, 7) is -0.101. The zero-order chi connectivity index (χ0) is 16.4. The highest BCUT2D eigenvalue weighted by molar-refractivity contribution is 6.31. The van der Waals surface area contributed by atoms with E-state index in [0.717, 1.165) is 17.0 Å². The average Bonchev–Trinajstić information content (AvgIpc) is 2.92. The molecule has 1 heterocycles. The monoisotopic (exact) mass is 329 g/mol. The van der Waals surface area contributed by atoms with E-state index in [9.17, 15) is 18.4 Å². The van der Waals surface area contributed by atoms with E-state index in [0.29, 0.717) is 0 Å². The van der Waals surface area contributed by atoms with Crippen molar-refractivity contribution in [2.24, 2.45) is 5.92 Å². The maximum absolute atomic E-state index is 13.7. The molecule has 0 saturated carbocycles. The molecule has 22 heavy (non-hydrogen) atoms. The first-order valence-corrected chi connectivity index (χ1v) is 6.56. The number of carboxylic acid groups (broad SMARTS) is 1. The smallest absolute Gasteiger partial charge is 0.408 e. The van der Waals surface area contributed by atoms with Crippen molar-refractivity contribution < 1.29 is 23.5 Å². The number of hydrogen-bond donors (Lipinski definition) is 2. The van der Waals surface area contributed by atoms with E-state index in [1.165, 1.54) is 0 Å². The lowest BCUT2D eigenvalue weighted by Gasteiger charge is -2.20. The molecule has 9 heteroatoms. The molecular formula is C13H10ClF2N3O3. The standard InChI is InChI=1S/C13H10ClF2N3O3/c14-10-7(15)1-2-8(11(10)16)18-12(20)9-3-6(4-17)5-19(9)13(21)22/h1-2,6,9H,3,5H2,(H,18,20)(H,21,22). The fourth-order valence-electron chi connectivity index (χ4n) is 2.23. The average molecular weight is 330 g/mol. The van der Waals surface area contributed by atoms with Crippen molar-refractivity contribution in [1.29, 1.82) is 5.26 Å². The maximum atomic E-state index is 13.7. The quantitative estimate of drug-likeness (QED) is 0.815. The molecule has 2 amide bonds. The number of nitriles is 1. The lowest BCUT2D eigenvalue weighted by Crippen LogP contribution is -2.42. The molecule has 0 bridgehead atoms. The Balaban J connectivity index is 2.20. The molecule has 1 aromatic rings. The number of amides is 2. The topological polar surface area (TPSA) is 93.4 Å². The van der Waals surface area contributed by atoms with E-state index < -0.39 is 40.6 Å². The lowest BCUT2D eigenvalue weighted by atomic mass is 10.1. The van der Waals surface area contributed by atoms with E-state index in [1.54, 1.807) is 0 Å². The minimum absolute atomic E-state index is 0.00514. The summed E-state index contributed by atoms with van der Waals surface area (Å²) < 4.78 is 26.8. The van der Waals surface area contributed by atoms with E-state index in [4.69, 9.17) is 22.0 Å². The Bertz CT molecular complexity index is 677. The largest absolute Gasteiger partial charge is 0.465 e. The van der Waals surface area contributed by atoms with Crippen molar-refractivity contribution in [2.75, 3.05) is 11.9 Å². The van der Waals surface area contributed by atoms with Gasteiger partial charge in [0.2, 0.25) is 5.91 Å². The summed E-state index contributed by atoms with van der Waals surface area (Å²) in [6, 6.07) is 2.64. The van der Waals surface area contributed by atoms with Gasteiger partial charge in [0.05, 0.1) is 17.7 Å². The van der Waals surface area contributed by atoms with E-state index >= 15 is 0 Å². The van der Waals surface area contributed by atoms with Crippen LogP contribution >= 0.6 is 11.6 Å². The van der Waals surface area contributed by atoms with Crippen LogP contribution in [0, 0.1) is 28.9 Å². The normalized spacial score (nSPS) is 20.5. The third-order valence-corrected chi connectivity index (χ3v) is 3.67. The Morgan fingerprint density at radius 1 is 1.45 bits per heavy atom. The zero-order valence-corrected chi connectivity index (χ0v) is 11.8. The van der Waals surface area contributed by atoms with Gasteiger partial charge in [-0.05, 0) is 18.6 Å². The molecule has 1 aliphatic heterocycles. The summed E-state index contributed by atoms with van der Waals surface area (Å²) in [6.07, 6.45) is -1.35. The van der Waals surface area contributed by atoms with E-state index in [-0.39, 0.29) is 18.7 Å². The molecule has 1 fully saturated rings. The van der Waals surface area contributed by atoms with Crippen molar-refractivity contribution in [1.82, 2.24) is 4.90 Å². The van der Waals surface area contributed by atoms with Crippen LogP contribution in [0.4, 0.5) is 19.3 Å². The number of nitrogens with one attached hydrogen (secondary N) is 1. The van der Waals surface area contributed by atoms with Crippen LogP contribution in [0.2, 0.25) is 5.02 Å². The number of benzene rings is 1. The fourth-order valence-corrected chi connectivity index (χ4v) is 2.39. The minimum Gasteiger partial charge on any atom is -0.465 e. The van der Waals surface area contributed by atoms with Crippen LogP contribution in [0.5, 0.6) is 0 Å². The van der Waals surface area contributed by atoms with E-state index in [2.05, 4.69) is 5.32 Å². The van der Waals surface area contributed by atoms with Crippen LogP contribution < -0.4 is 5.32 Å². The Morgan fingerprint density at radius 3 is 2.73 bits per heavy atom. The second kappa shape index (κ2) is 6.15. The SMILES string of the molecule is N#CC1CC(C(=O)Nc2ccc(F)c(Cl)c2F)N(C(=O)O)C1. The number of anilines is 1. The second-order valence-electron chi connectivity index (χ2n) is 4.72. The zero-order valence-electron chi connectivity index (χ0n) is 11.0. The van der Waals surface area contributed by atoms with Gasteiger partial charge in [0.1, 0.15) is 16.9 Å². The molecule has 0 aromatic heterocycles. The van der Waals surface area contributed by atoms with Gasteiger partial charge in [-0.1, -0.05) is 11.6 Å². The highest BCUT2D eigenvalue weighted by Gasteiger charge is 2.40. The van der Waals surface area contributed by atoms with Crippen molar-refractivity contribution in [3.63, 3.8) is 0 Å². The van der Waals surface area contributed by atoms with Gasteiger partial charge in [-0.3, -0.25) is 9.69 Å². The highest BCUT2D eigenvalue weighted by atomic mass is 35.5. The Hall–Kier alpha value is -2.40. The van der Waals surface area contributed by atoms with Gasteiger partial charge in [0.15, 0.2) is 5.82 Å². The maximum Gasteiger partial charge on any atom is 0.408 e. The van der Waals surface area contributed by atoms with Crippen molar-refractivity contribution >= 4 is 29.3 Å². The summed E-state index contributed by atoms with van der Waals surface area (Å²) >= 11 is 5.40. The first-order valence-electron chi connectivity index (χ1n) is 6.18. The summed E-state index contributed by atoms with van der Waals surface area (Å²) in [5.74, 6) is -3.54. The van der Waals surface area contributed by atoms with Crippen LogP contribution in [-0.4, -0.2) is 34.6 Å². The molecule has 0 radical (unpaired) electrons. The van der Waals surface area contributed by atoms with Crippen LogP contribution in [0.3, 0.4) is 0 Å². The number of likely N-dealkylation sites (tertiary alicyclic amines) is 1. The Labute approximate surface area is 128 Å². The van der Waals surface area contributed by atoms with Gasteiger partial charge < -0.3 is 10.4 Å². The molecule has 0 aliphatic carbocycles. The number of hydrogen-bond acceptors (Lipinski definition) is 3. The first kappa shape index (κ1) is 16.0. The van der Waals surface area contributed by atoms with E-state index in [1.807, 2.05) is 6.07 Å². The molecule has 1 saturated heterocycles. The third-order valence-electron chi connectivity index (χ3n) is 3.33. The molecule has 116 valence electrons. The number of nitrogens with zero attached hydrogens (tertiary/aromatic N) is 2. The Morgan fingerprint density at radius 2 is 2.14 bits per heavy atom. The van der Waals surface area contributed by atoms with Gasteiger partial charge in [0.25, 0.3) is 0 Å². The number of halogens is 3. The molecule has 1 aromatic carbocycles. The van der Waals surface area contributed by atoms with Crippen molar-refractivity contribution in [3.8, 4) is 6.07 Å². The predicted molar refractivity (Wildman–Crippen MR) is 72.2 cm³/mol. The number of carbonyl (C=O) groups is 2. The molecule has 1 aliphatic rings. The predicted octanol–water partition coefficient (Wildman–Crippen LogP) is 2.45. The molecule has 2 N–H and O–H groups in total. The van der Waals surface area contributed by atoms with Gasteiger partial charge in [-0.15, -0.1) is 0 Å². The summed E-state index contributed by atoms with van der Waals surface area (Å²) in [5, 5.41) is 19.3. The Kier molecular flexibility index (Phi) is 4.47. The summed E-state index contributed by atoms with van der Waals surface area (Å²) in [4.78, 5) is 24.0. The molecule has 2 rings (SSSR count). The van der Waals surface area contributed by atoms with Crippen molar-refractivity contribution in [2.45, 2.75) is 12.5 Å². The van der Waals surface area contributed by atoms with Gasteiger partial charge in [0, 0.05) is 6.54 Å². The van der Waals surface area contributed by atoms with Gasteiger partial charge in [-0.2, -0.15) is 5.26 Å². The lowest BCUT2D eigenvalue weighted by molar-refractivity contribution is -0.119. The molecule has 2 atom stereocenters.